The number of hydrogen-bond donors (Lipinski definition) is 1. The fraction of sp³-hybridized carbons (Fsp3) is 0.467. The fourth-order valence-corrected chi connectivity index (χ4v) is 2.72. The van der Waals surface area contributed by atoms with Crippen LogP contribution in [-0.4, -0.2) is 35.0 Å². The summed E-state index contributed by atoms with van der Waals surface area (Å²) in [5, 5.41) is 9.30. The van der Waals surface area contributed by atoms with Gasteiger partial charge in [-0.3, -0.25) is 9.59 Å². The Morgan fingerprint density at radius 3 is 2.14 bits per heavy atom. The molecule has 0 unspecified atom stereocenters. The lowest BCUT2D eigenvalue weighted by Crippen LogP contribution is -2.46. The zero-order valence-corrected chi connectivity index (χ0v) is 11.7. The van der Waals surface area contributed by atoms with Crippen LogP contribution in [0.3, 0.4) is 0 Å². The molecule has 1 aliphatic rings. The third-order valence-corrected chi connectivity index (χ3v) is 4.25. The van der Waals surface area contributed by atoms with Gasteiger partial charge in [-0.15, -0.1) is 0 Å². The van der Waals surface area contributed by atoms with Gasteiger partial charge in [0, 0.05) is 24.7 Å². The summed E-state index contributed by atoms with van der Waals surface area (Å²) in [6, 6.07) is 2.69. The Hall–Kier alpha value is -1.98. The highest BCUT2D eigenvalue weighted by molar-refractivity contribution is 5.94. The lowest BCUT2D eigenvalue weighted by atomic mass is 9.76. The van der Waals surface area contributed by atoms with Crippen LogP contribution in [0.5, 0.6) is 0 Å². The minimum Gasteiger partial charge on any atom is -0.481 e. The number of amides is 1. The molecule has 6 heteroatoms. The number of hydrogen-bond acceptors (Lipinski definition) is 2. The third kappa shape index (κ3) is 3.04. The number of carboxylic acids is 1. The van der Waals surface area contributed by atoms with Crippen LogP contribution >= 0.6 is 0 Å². The van der Waals surface area contributed by atoms with E-state index in [0.29, 0.717) is 25.3 Å². The summed E-state index contributed by atoms with van der Waals surface area (Å²) < 4.78 is 26.3. The lowest BCUT2D eigenvalue weighted by molar-refractivity contribution is -0.152. The molecule has 1 aromatic carbocycles. The van der Waals surface area contributed by atoms with Gasteiger partial charge in [0.15, 0.2) is 0 Å². The highest BCUT2D eigenvalue weighted by Gasteiger charge is 2.40. The summed E-state index contributed by atoms with van der Waals surface area (Å²) in [7, 11) is 0. The van der Waals surface area contributed by atoms with E-state index in [1.165, 1.54) is 4.90 Å². The Balaban J connectivity index is 2.11. The second-order valence-corrected chi connectivity index (χ2v) is 5.39. The molecule has 0 saturated carbocycles. The molecule has 0 aliphatic carbocycles. The molecule has 4 nitrogen and oxygen atoms in total. The van der Waals surface area contributed by atoms with E-state index < -0.39 is 28.9 Å². The number of aliphatic carboxylic acids is 1. The van der Waals surface area contributed by atoms with Crippen molar-refractivity contribution in [2.45, 2.75) is 26.2 Å². The molecule has 21 heavy (non-hydrogen) atoms. The molecule has 2 rings (SSSR count). The van der Waals surface area contributed by atoms with Crippen molar-refractivity contribution in [3.05, 3.63) is 35.4 Å². The fourth-order valence-electron chi connectivity index (χ4n) is 2.72. The van der Waals surface area contributed by atoms with Crippen molar-refractivity contribution in [3.63, 3.8) is 0 Å². The molecule has 0 atom stereocenters. The summed E-state index contributed by atoms with van der Waals surface area (Å²) in [6.45, 7) is 2.36. The maximum Gasteiger partial charge on any atom is 0.309 e. The molecule has 0 radical (unpaired) electrons. The van der Waals surface area contributed by atoms with Gasteiger partial charge < -0.3 is 10.0 Å². The molecule has 1 heterocycles. The number of carbonyl (C=O) groups excluding carboxylic acids is 1. The Kier molecular flexibility index (Phi) is 4.25. The van der Waals surface area contributed by atoms with Gasteiger partial charge in [0.2, 0.25) is 0 Å². The maximum atomic E-state index is 13.2. The average Bonchev–Trinajstić information content (AvgIpc) is 2.45. The van der Waals surface area contributed by atoms with E-state index >= 15 is 0 Å². The molecule has 0 spiro atoms. The van der Waals surface area contributed by atoms with Crippen LogP contribution in [0.4, 0.5) is 8.78 Å². The Morgan fingerprint density at radius 2 is 1.71 bits per heavy atom. The first-order valence-electron chi connectivity index (χ1n) is 6.87. The van der Waals surface area contributed by atoms with Gasteiger partial charge >= 0.3 is 5.97 Å². The van der Waals surface area contributed by atoms with Crippen LogP contribution < -0.4 is 0 Å². The maximum absolute atomic E-state index is 13.2. The SMILES string of the molecule is CCC1(C(=O)O)CCN(C(=O)c2cc(F)cc(F)c2)CC1. The van der Waals surface area contributed by atoms with Crippen molar-refractivity contribution >= 4 is 11.9 Å². The van der Waals surface area contributed by atoms with E-state index in [0.717, 1.165) is 12.1 Å². The first-order valence-corrected chi connectivity index (χ1v) is 6.87. The summed E-state index contributed by atoms with van der Waals surface area (Å²) >= 11 is 0. The Bertz CT molecular complexity index is 546. The van der Waals surface area contributed by atoms with Gasteiger partial charge in [-0.25, -0.2) is 8.78 Å². The van der Waals surface area contributed by atoms with Gasteiger partial charge in [-0.05, 0) is 31.4 Å². The largest absolute Gasteiger partial charge is 0.481 e. The van der Waals surface area contributed by atoms with E-state index in [9.17, 15) is 23.5 Å². The quantitative estimate of drug-likeness (QED) is 0.933. The van der Waals surface area contributed by atoms with Crippen LogP contribution in [0.25, 0.3) is 0 Å². The topological polar surface area (TPSA) is 57.6 Å². The number of likely N-dealkylation sites (tertiary alicyclic amines) is 1. The minimum atomic E-state index is -0.853. The summed E-state index contributed by atoms with van der Waals surface area (Å²) in [4.78, 5) is 25.0. The number of halogens is 2. The Labute approximate surface area is 121 Å². The van der Waals surface area contributed by atoms with E-state index in [1.807, 2.05) is 6.92 Å². The molecule has 1 saturated heterocycles. The first kappa shape index (κ1) is 15.4. The number of rotatable bonds is 3. The van der Waals surface area contributed by atoms with Crippen LogP contribution in [-0.2, 0) is 4.79 Å². The normalized spacial score (nSPS) is 17.6. The van der Waals surface area contributed by atoms with Crippen LogP contribution in [0.15, 0.2) is 18.2 Å². The predicted molar refractivity (Wildman–Crippen MR) is 71.9 cm³/mol. The molecule has 114 valence electrons. The van der Waals surface area contributed by atoms with Crippen molar-refractivity contribution in [3.8, 4) is 0 Å². The van der Waals surface area contributed by atoms with Gasteiger partial charge in [-0.1, -0.05) is 6.92 Å². The highest BCUT2D eigenvalue weighted by Crippen LogP contribution is 2.35. The standard InChI is InChI=1S/C15H17F2NO3/c1-2-15(14(20)21)3-5-18(6-4-15)13(19)10-7-11(16)9-12(17)8-10/h7-9H,2-6H2,1H3,(H,20,21). The van der Waals surface area contributed by atoms with Crippen molar-refractivity contribution in [1.29, 1.82) is 0 Å². The van der Waals surface area contributed by atoms with E-state index in [1.54, 1.807) is 0 Å². The second kappa shape index (κ2) is 5.79. The van der Waals surface area contributed by atoms with Crippen LogP contribution in [0.1, 0.15) is 36.5 Å². The Morgan fingerprint density at radius 1 is 1.19 bits per heavy atom. The zero-order valence-electron chi connectivity index (χ0n) is 11.7. The number of carbonyl (C=O) groups is 2. The molecular weight excluding hydrogens is 280 g/mol. The van der Waals surface area contributed by atoms with Gasteiger partial charge in [-0.2, -0.15) is 0 Å². The van der Waals surface area contributed by atoms with Gasteiger partial charge in [0.25, 0.3) is 5.91 Å². The number of nitrogens with zero attached hydrogens (tertiary/aromatic N) is 1. The van der Waals surface area contributed by atoms with Gasteiger partial charge in [0.05, 0.1) is 5.41 Å². The smallest absolute Gasteiger partial charge is 0.309 e. The molecule has 1 fully saturated rings. The molecule has 1 aliphatic heterocycles. The van der Waals surface area contributed by atoms with Crippen LogP contribution in [0, 0.1) is 17.0 Å². The highest BCUT2D eigenvalue weighted by atomic mass is 19.1. The third-order valence-electron chi connectivity index (χ3n) is 4.25. The summed E-state index contributed by atoms with van der Waals surface area (Å²) in [5.74, 6) is -2.93. The monoisotopic (exact) mass is 297 g/mol. The molecule has 1 aromatic rings. The number of piperidine rings is 1. The minimum absolute atomic E-state index is 0.0492. The molecule has 1 amide bonds. The molecular formula is C15H17F2NO3. The van der Waals surface area contributed by atoms with Crippen molar-refractivity contribution < 1.29 is 23.5 Å². The predicted octanol–water partition coefficient (Wildman–Crippen LogP) is 2.68. The van der Waals surface area contributed by atoms with Crippen molar-refractivity contribution in [2.75, 3.05) is 13.1 Å². The second-order valence-electron chi connectivity index (χ2n) is 5.39. The average molecular weight is 297 g/mol. The van der Waals surface area contributed by atoms with Crippen molar-refractivity contribution in [1.82, 2.24) is 4.90 Å². The first-order chi connectivity index (χ1) is 9.88. The van der Waals surface area contributed by atoms with E-state index in [-0.39, 0.29) is 18.7 Å². The van der Waals surface area contributed by atoms with Crippen molar-refractivity contribution in [2.24, 2.45) is 5.41 Å². The van der Waals surface area contributed by atoms with Crippen LogP contribution in [0.2, 0.25) is 0 Å². The lowest BCUT2D eigenvalue weighted by Gasteiger charge is -2.38. The molecule has 0 aromatic heterocycles. The molecule has 1 N–H and O–H groups in total. The summed E-state index contributed by atoms with van der Waals surface area (Å²) in [6.07, 6.45) is 1.20. The van der Waals surface area contributed by atoms with E-state index in [2.05, 4.69) is 0 Å². The van der Waals surface area contributed by atoms with E-state index in [4.69, 9.17) is 0 Å². The molecule has 0 bridgehead atoms. The summed E-state index contributed by atoms with van der Waals surface area (Å²) in [5.41, 5.74) is -0.851. The zero-order chi connectivity index (χ0) is 15.6. The number of benzene rings is 1. The van der Waals surface area contributed by atoms with Gasteiger partial charge in [0.1, 0.15) is 11.6 Å². The number of carboxylic acid groups (broad SMARTS) is 1.